The molecule has 0 radical (unpaired) electrons. The number of likely N-dealkylation sites (tertiary alicyclic amines) is 1. The number of benzene rings is 1. The van der Waals surface area contributed by atoms with Gasteiger partial charge in [-0.15, -0.1) is 0 Å². The van der Waals surface area contributed by atoms with Crippen molar-refractivity contribution >= 4 is 5.91 Å². The average molecular weight is 279 g/mol. The Hall–Kier alpha value is -1.59. The van der Waals surface area contributed by atoms with E-state index in [-0.39, 0.29) is 5.91 Å². The third-order valence-corrected chi connectivity index (χ3v) is 3.31. The lowest BCUT2D eigenvalue weighted by molar-refractivity contribution is -0.137. The summed E-state index contributed by atoms with van der Waals surface area (Å²) in [4.78, 5) is 13.5. The Morgan fingerprint density at radius 1 is 1.20 bits per heavy atom. The quantitative estimate of drug-likeness (QED) is 0.782. The molecule has 1 amide bonds. The highest BCUT2D eigenvalue weighted by Gasteiger charge is 2.27. The Balaban J connectivity index is 1.67. The molecular weight excluding hydrogens is 258 g/mol. The number of aliphatic hydroxyl groups is 2. The first-order valence-electron chi connectivity index (χ1n) is 6.97. The van der Waals surface area contributed by atoms with Crippen molar-refractivity contribution in [2.45, 2.75) is 31.5 Å². The van der Waals surface area contributed by atoms with Gasteiger partial charge in [-0.2, -0.15) is 0 Å². The SMILES string of the molecule is O=C(CCCOc1ccccc1)N1C[C@H](O)C[C@@H](O)C1. The van der Waals surface area contributed by atoms with E-state index in [4.69, 9.17) is 4.74 Å². The molecule has 1 saturated heterocycles. The largest absolute Gasteiger partial charge is 0.494 e. The molecule has 1 aliphatic rings. The lowest BCUT2D eigenvalue weighted by Gasteiger charge is -2.33. The van der Waals surface area contributed by atoms with Crippen molar-refractivity contribution in [2.24, 2.45) is 0 Å². The minimum Gasteiger partial charge on any atom is -0.494 e. The molecule has 0 unspecified atom stereocenters. The maximum atomic E-state index is 11.9. The van der Waals surface area contributed by atoms with E-state index < -0.39 is 12.2 Å². The number of piperidine rings is 1. The molecule has 5 heteroatoms. The molecule has 2 atom stereocenters. The summed E-state index contributed by atoms with van der Waals surface area (Å²) in [6.45, 7) is 1.11. The molecule has 1 aromatic carbocycles. The van der Waals surface area contributed by atoms with Crippen LogP contribution >= 0.6 is 0 Å². The lowest BCUT2D eigenvalue weighted by Crippen LogP contribution is -2.48. The predicted octanol–water partition coefficient (Wildman–Crippen LogP) is 0.800. The smallest absolute Gasteiger partial charge is 0.222 e. The number of aliphatic hydroxyl groups excluding tert-OH is 2. The van der Waals surface area contributed by atoms with Crippen molar-refractivity contribution in [3.8, 4) is 5.75 Å². The van der Waals surface area contributed by atoms with E-state index in [1.165, 1.54) is 4.90 Å². The van der Waals surface area contributed by atoms with E-state index in [1.54, 1.807) is 0 Å². The molecule has 20 heavy (non-hydrogen) atoms. The van der Waals surface area contributed by atoms with Crippen LogP contribution in [0.25, 0.3) is 0 Å². The van der Waals surface area contributed by atoms with Gasteiger partial charge in [-0.25, -0.2) is 0 Å². The number of rotatable bonds is 5. The summed E-state index contributed by atoms with van der Waals surface area (Å²) in [5.74, 6) is 0.753. The molecule has 1 fully saturated rings. The highest BCUT2D eigenvalue weighted by molar-refractivity contribution is 5.76. The fraction of sp³-hybridized carbons (Fsp3) is 0.533. The summed E-state index contributed by atoms with van der Waals surface area (Å²) in [5.41, 5.74) is 0. The van der Waals surface area contributed by atoms with Gasteiger partial charge in [0.1, 0.15) is 5.75 Å². The second-order valence-corrected chi connectivity index (χ2v) is 5.11. The third-order valence-electron chi connectivity index (χ3n) is 3.31. The minimum atomic E-state index is -0.622. The van der Waals surface area contributed by atoms with E-state index >= 15 is 0 Å². The number of hydrogen-bond acceptors (Lipinski definition) is 4. The number of hydrogen-bond donors (Lipinski definition) is 2. The van der Waals surface area contributed by atoms with Crippen LogP contribution in [0.5, 0.6) is 5.75 Å². The lowest BCUT2D eigenvalue weighted by atomic mass is 10.1. The maximum absolute atomic E-state index is 11.9. The molecule has 2 rings (SSSR count). The summed E-state index contributed by atoms with van der Waals surface area (Å²) in [6, 6.07) is 9.47. The van der Waals surface area contributed by atoms with Gasteiger partial charge in [0.15, 0.2) is 0 Å². The minimum absolute atomic E-state index is 0.0422. The summed E-state index contributed by atoms with van der Waals surface area (Å²) >= 11 is 0. The molecule has 0 bridgehead atoms. The molecule has 0 saturated carbocycles. The van der Waals surface area contributed by atoms with Gasteiger partial charge in [0, 0.05) is 25.9 Å². The van der Waals surface area contributed by atoms with Crippen molar-refractivity contribution in [2.75, 3.05) is 19.7 Å². The molecule has 1 aliphatic heterocycles. The van der Waals surface area contributed by atoms with Crippen molar-refractivity contribution in [1.29, 1.82) is 0 Å². The van der Waals surface area contributed by atoms with Crippen molar-refractivity contribution in [3.63, 3.8) is 0 Å². The summed E-state index contributed by atoms with van der Waals surface area (Å²) in [5, 5.41) is 19.1. The van der Waals surface area contributed by atoms with Crippen LogP contribution in [0.2, 0.25) is 0 Å². The Kier molecular flexibility index (Phi) is 5.38. The van der Waals surface area contributed by atoms with E-state index in [0.29, 0.717) is 39.0 Å². The highest BCUT2D eigenvalue weighted by Crippen LogP contribution is 2.13. The number of β-amino-alcohol motifs (C(OH)–C–C–N with tert-alkyl or cyclic N) is 2. The first-order valence-corrected chi connectivity index (χ1v) is 6.97. The zero-order valence-corrected chi connectivity index (χ0v) is 11.4. The Bertz CT molecular complexity index is 413. The van der Waals surface area contributed by atoms with Crippen LogP contribution in [0, 0.1) is 0 Å². The Morgan fingerprint density at radius 3 is 2.50 bits per heavy atom. The second-order valence-electron chi connectivity index (χ2n) is 5.11. The fourth-order valence-corrected chi connectivity index (χ4v) is 2.34. The standard InChI is InChI=1S/C15H21NO4/c17-12-9-13(18)11-16(10-12)15(19)7-4-8-20-14-5-2-1-3-6-14/h1-3,5-6,12-13,17-18H,4,7-11H2/t12-,13-/m1/s1. The van der Waals surface area contributed by atoms with Gasteiger partial charge in [-0.05, 0) is 18.6 Å². The molecule has 110 valence electrons. The van der Waals surface area contributed by atoms with E-state index in [2.05, 4.69) is 0 Å². The third kappa shape index (κ3) is 4.51. The number of carbonyl (C=O) groups excluding carboxylic acids is 1. The van der Waals surface area contributed by atoms with E-state index in [1.807, 2.05) is 30.3 Å². The van der Waals surface area contributed by atoms with Gasteiger partial charge < -0.3 is 19.8 Å². The summed E-state index contributed by atoms with van der Waals surface area (Å²) in [7, 11) is 0. The molecule has 0 spiro atoms. The van der Waals surface area contributed by atoms with Crippen LogP contribution < -0.4 is 4.74 Å². The van der Waals surface area contributed by atoms with Crippen LogP contribution in [0.1, 0.15) is 19.3 Å². The van der Waals surface area contributed by atoms with Crippen molar-refractivity contribution < 1.29 is 19.7 Å². The van der Waals surface area contributed by atoms with Gasteiger partial charge in [-0.1, -0.05) is 18.2 Å². The molecule has 5 nitrogen and oxygen atoms in total. The molecule has 0 aliphatic carbocycles. The maximum Gasteiger partial charge on any atom is 0.222 e. The molecule has 2 N–H and O–H groups in total. The zero-order valence-electron chi connectivity index (χ0n) is 11.4. The monoisotopic (exact) mass is 279 g/mol. The fourth-order valence-electron chi connectivity index (χ4n) is 2.34. The number of ether oxygens (including phenoxy) is 1. The van der Waals surface area contributed by atoms with Gasteiger partial charge >= 0.3 is 0 Å². The van der Waals surface area contributed by atoms with Crippen LogP contribution in [0.4, 0.5) is 0 Å². The van der Waals surface area contributed by atoms with E-state index in [0.717, 1.165) is 5.75 Å². The van der Waals surface area contributed by atoms with Gasteiger partial charge in [0.25, 0.3) is 0 Å². The topological polar surface area (TPSA) is 70.0 Å². The van der Waals surface area contributed by atoms with Crippen LogP contribution in [-0.2, 0) is 4.79 Å². The molecular formula is C15H21NO4. The van der Waals surface area contributed by atoms with Gasteiger partial charge in [0.2, 0.25) is 5.91 Å². The highest BCUT2D eigenvalue weighted by atomic mass is 16.5. The van der Waals surface area contributed by atoms with Crippen LogP contribution in [0.3, 0.4) is 0 Å². The molecule has 0 aromatic heterocycles. The van der Waals surface area contributed by atoms with E-state index in [9.17, 15) is 15.0 Å². The Labute approximate surface area is 118 Å². The average Bonchev–Trinajstić information content (AvgIpc) is 2.43. The number of nitrogens with zero attached hydrogens (tertiary/aromatic N) is 1. The van der Waals surface area contributed by atoms with Crippen LogP contribution in [-0.4, -0.2) is 52.9 Å². The Morgan fingerprint density at radius 2 is 1.85 bits per heavy atom. The first kappa shape index (κ1) is 14.8. The zero-order chi connectivity index (χ0) is 14.4. The summed E-state index contributed by atoms with van der Waals surface area (Å²) < 4.78 is 5.52. The normalized spacial score (nSPS) is 22.6. The number of para-hydroxylation sites is 1. The number of carbonyl (C=O) groups is 1. The molecule has 1 aromatic rings. The van der Waals surface area contributed by atoms with Crippen LogP contribution in [0.15, 0.2) is 30.3 Å². The van der Waals surface area contributed by atoms with Gasteiger partial charge in [0.05, 0.1) is 18.8 Å². The van der Waals surface area contributed by atoms with Crippen molar-refractivity contribution in [1.82, 2.24) is 4.90 Å². The van der Waals surface area contributed by atoms with Crippen molar-refractivity contribution in [3.05, 3.63) is 30.3 Å². The molecule has 1 heterocycles. The first-order chi connectivity index (χ1) is 9.65. The predicted molar refractivity (Wildman–Crippen MR) is 74.4 cm³/mol. The summed E-state index contributed by atoms with van der Waals surface area (Å²) in [6.07, 6.45) is 0.0929. The number of amides is 1. The van der Waals surface area contributed by atoms with Gasteiger partial charge in [-0.3, -0.25) is 4.79 Å². The second kappa shape index (κ2) is 7.26.